The summed E-state index contributed by atoms with van der Waals surface area (Å²) >= 11 is 17.3. The number of nitrogens with zero attached hydrogens (tertiary/aromatic N) is 1. The lowest BCUT2D eigenvalue weighted by molar-refractivity contribution is -0.129. The molecule has 1 heterocycles. The molecule has 2 aromatic rings. The molecule has 134 valence electrons. The molecule has 0 aliphatic carbocycles. The average molecular weight is 408 g/mol. The zero-order chi connectivity index (χ0) is 18.7. The standard InChI is InChI=1S/C18H15Cl2N3O2S/c19-11-4-9-15(14(20)10-11)22-18(26)21-12-5-7-13(8-6-12)23-16(24)2-1-3-17(23)25/h4-10H,1-3H2,(H2,21,22,26). The molecular weight excluding hydrogens is 393 g/mol. The van der Waals surface area contributed by atoms with E-state index in [1.54, 1.807) is 42.5 Å². The van der Waals surface area contributed by atoms with Gasteiger partial charge < -0.3 is 10.6 Å². The van der Waals surface area contributed by atoms with Crippen LogP contribution in [0.5, 0.6) is 0 Å². The number of benzene rings is 2. The van der Waals surface area contributed by atoms with E-state index in [0.29, 0.717) is 51.5 Å². The Hall–Kier alpha value is -2.15. The van der Waals surface area contributed by atoms with Crippen LogP contribution in [-0.2, 0) is 9.59 Å². The van der Waals surface area contributed by atoms with Crippen molar-refractivity contribution in [2.24, 2.45) is 0 Å². The summed E-state index contributed by atoms with van der Waals surface area (Å²) in [5, 5.41) is 7.36. The van der Waals surface area contributed by atoms with Crippen LogP contribution in [0.15, 0.2) is 42.5 Å². The first kappa shape index (κ1) is 18.6. The molecule has 1 aliphatic rings. The summed E-state index contributed by atoms with van der Waals surface area (Å²) in [7, 11) is 0. The minimum Gasteiger partial charge on any atom is -0.332 e. The van der Waals surface area contributed by atoms with Gasteiger partial charge in [-0.05, 0) is 61.1 Å². The van der Waals surface area contributed by atoms with Gasteiger partial charge in [0.05, 0.1) is 16.4 Å². The van der Waals surface area contributed by atoms with Crippen molar-refractivity contribution in [1.29, 1.82) is 0 Å². The Kier molecular flexibility index (Phi) is 5.76. The van der Waals surface area contributed by atoms with E-state index in [4.69, 9.17) is 35.4 Å². The van der Waals surface area contributed by atoms with Gasteiger partial charge in [-0.25, -0.2) is 0 Å². The number of rotatable bonds is 3. The summed E-state index contributed by atoms with van der Waals surface area (Å²) in [5.41, 5.74) is 1.91. The van der Waals surface area contributed by atoms with Gasteiger partial charge in [-0.3, -0.25) is 14.5 Å². The van der Waals surface area contributed by atoms with Crippen molar-refractivity contribution in [3.8, 4) is 0 Å². The van der Waals surface area contributed by atoms with E-state index in [1.807, 2.05) is 0 Å². The second-order valence-corrected chi connectivity index (χ2v) is 6.98. The van der Waals surface area contributed by atoms with Gasteiger partial charge in [0, 0.05) is 23.6 Å². The minimum atomic E-state index is -0.170. The van der Waals surface area contributed by atoms with Gasteiger partial charge in [-0.1, -0.05) is 23.2 Å². The van der Waals surface area contributed by atoms with Gasteiger partial charge in [0.15, 0.2) is 5.11 Å². The first-order valence-corrected chi connectivity index (χ1v) is 9.09. The smallest absolute Gasteiger partial charge is 0.233 e. The highest BCUT2D eigenvalue weighted by Gasteiger charge is 2.27. The molecule has 0 radical (unpaired) electrons. The van der Waals surface area contributed by atoms with Crippen molar-refractivity contribution in [3.63, 3.8) is 0 Å². The van der Waals surface area contributed by atoms with E-state index < -0.39 is 0 Å². The summed E-state index contributed by atoms with van der Waals surface area (Å²) in [4.78, 5) is 25.2. The first-order chi connectivity index (χ1) is 12.4. The van der Waals surface area contributed by atoms with E-state index in [9.17, 15) is 9.59 Å². The number of thiocarbonyl (C=S) groups is 1. The van der Waals surface area contributed by atoms with Crippen LogP contribution in [-0.4, -0.2) is 16.9 Å². The van der Waals surface area contributed by atoms with E-state index in [2.05, 4.69) is 10.6 Å². The van der Waals surface area contributed by atoms with Gasteiger partial charge in [0.2, 0.25) is 11.8 Å². The Morgan fingerprint density at radius 1 is 0.962 bits per heavy atom. The average Bonchev–Trinajstić information content (AvgIpc) is 2.59. The fourth-order valence-electron chi connectivity index (χ4n) is 2.61. The van der Waals surface area contributed by atoms with Gasteiger partial charge in [0.1, 0.15) is 0 Å². The molecule has 0 saturated carbocycles. The number of piperidine rings is 1. The molecule has 2 aromatic carbocycles. The number of hydrogen-bond donors (Lipinski definition) is 2. The first-order valence-electron chi connectivity index (χ1n) is 7.93. The maximum absolute atomic E-state index is 12.0. The van der Waals surface area contributed by atoms with Crippen molar-refractivity contribution in [2.75, 3.05) is 15.5 Å². The third-order valence-corrected chi connectivity index (χ3v) is 4.59. The highest BCUT2D eigenvalue weighted by atomic mass is 35.5. The lowest BCUT2D eigenvalue weighted by Gasteiger charge is -2.25. The van der Waals surface area contributed by atoms with E-state index in [-0.39, 0.29) is 11.8 Å². The molecule has 8 heteroatoms. The Morgan fingerprint density at radius 3 is 2.23 bits per heavy atom. The third-order valence-electron chi connectivity index (χ3n) is 3.84. The molecule has 5 nitrogen and oxygen atoms in total. The Balaban J connectivity index is 1.66. The molecule has 0 aromatic heterocycles. The molecule has 0 unspecified atom stereocenters. The predicted octanol–water partition coefficient (Wildman–Crippen LogP) is 4.85. The molecule has 1 aliphatic heterocycles. The summed E-state index contributed by atoms with van der Waals surface area (Å²) in [6, 6.07) is 12.0. The number of anilines is 3. The van der Waals surface area contributed by atoms with E-state index in [0.717, 1.165) is 0 Å². The summed E-state index contributed by atoms with van der Waals surface area (Å²) in [5.74, 6) is -0.340. The summed E-state index contributed by atoms with van der Waals surface area (Å²) in [6.07, 6.45) is 1.39. The molecule has 0 bridgehead atoms. The van der Waals surface area contributed by atoms with Gasteiger partial charge in [-0.15, -0.1) is 0 Å². The van der Waals surface area contributed by atoms with E-state index in [1.165, 1.54) is 4.90 Å². The zero-order valence-electron chi connectivity index (χ0n) is 13.6. The van der Waals surface area contributed by atoms with Crippen LogP contribution in [0.2, 0.25) is 10.0 Å². The highest BCUT2D eigenvalue weighted by Crippen LogP contribution is 2.26. The fourth-order valence-corrected chi connectivity index (χ4v) is 3.29. The quantitative estimate of drug-likeness (QED) is 0.562. The molecular formula is C18H15Cl2N3O2S. The Morgan fingerprint density at radius 2 is 1.62 bits per heavy atom. The van der Waals surface area contributed by atoms with Crippen LogP contribution in [0.1, 0.15) is 19.3 Å². The van der Waals surface area contributed by atoms with Crippen LogP contribution < -0.4 is 15.5 Å². The normalized spacial score (nSPS) is 14.3. The number of hydrogen-bond acceptors (Lipinski definition) is 3. The molecule has 0 spiro atoms. The highest BCUT2D eigenvalue weighted by molar-refractivity contribution is 7.80. The zero-order valence-corrected chi connectivity index (χ0v) is 15.9. The maximum Gasteiger partial charge on any atom is 0.233 e. The van der Waals surface area contributed by atoms with Gasteiger partial charge in [0.25, 0.3) is 0 Å². The molecule has 1 fully saturated rings. The number of halogens is 2. The number of imide groups is 1. The largest absolute Gasteiger partial charge is 0.332 e. The topological polar surface area (TPSA) is 61.4 Å². The Labute approximate surface area is 166 Å². The van der Waals surface area contributed by atoms with Crippen molar-refractivity contribution in [3.05, 3.63) is 52.5 Å². The van der Waals surface area contributed by atoms with Crippen molar-refractivity contribution in [1.82, 2.24) is 0 Å². The molecule has 0 atom stereocenters. The fraction of sp³-hybridized carbons (Fsp3) is 0.167. The Bertz CT molecular complexity index is 855. The number of amides is 2. The number of nitrogens with one attached hydrogen (secondary N) is 2. The van der Waals surface area contributed by atoms with Crippen molar-refractivity contribution < 1.29 is 9.59 Å². The lowest BCUT2D eigenvalue weighted by atomic mass is 10.1. The van der Waals surface area contributed by atoms with Crippen molar-refractivity contribution >= 4 is 69.4 Å². The summed E-state index contributed by atoms with van der Waals surface area (Å²) in [6.45, 7) is 0. The minimum absolute atomic E-state index is 0.170. The monoisotopic (exact) mass is 407 g/mol. The SMILES string of the molecule is O=C1CCCC(=O)N1c1ccc(NC(=S)Nc2ccc(Cl)cc2Cl)cc1. The molecule has 2 amide bonds. The van der Waals surface area contributed by atoms with Gasteiger partial charge in [-0.2, -0.15) is 0 Å². The summed E-state index contributed by atoms with van der Waals surface area (Å²) < 4.78 is 0. The lowest BCUT2D eigenvalue weighted by Crippen LogP contribution is -2.40. The molecule has 1 saturated heterocycles. The van der Waals surface area contributed by atoms with Crippen LogP contribution in [0.4, 0.5) is 17.1 Å². The third kappa shape index (κ3) is 4.33. The van der Waals surface area contributed by atoms with Crippen molar-refractivity contribution in [2.45, 2.75) is 19.3 Å². The number of carbonyl (C=O) groups excluding carboxylic acids is 2. The van der Waals surface area contributed by atoms with Crippen LogP contribution in [0.25, 0.3) is 0 Å². The molecule has 3 rings (SSSR count). The second kappa shape index (κ2) is 8.03. The number of carbonyl (C=O) groups is 2. The van der Waals surface area contributed by atoms with Crippen LogP contribution >= 0.6 is 35.4 Å². The van der Waals surface area contributed by atoms with Gasteiger partial charge >= 0.3 is 0 Å². The molecule has 26 heavy (non-hydrogen) atoms. The second-order valence-electron chi connectivity index (χ2n) is 5.73. The predicted molar refractivity (Wildman–Crippen MR) is 109 cm³/mol. The molecule has 2 N–H and O–H groups in total. The maximum atomic E-state index is 12.0. The van der Waals surface area contributed by atoms with Crippen LogP contribution in [0.3, 0.4) is 0 Å². The van der Waals surface area contributed by atoms with Crippen LogP contribution in [0, 0.1) is 0 Å². The van der Waals surface area contributed by atoms with E-state index >= 15 is 0 Å².